The summed E-state index contributed by atoms with van der Waals surface area (Å²) >= 11 is 0. The topological polar surface area (TPSA) is 54.0 Å². The highest BCUT2D eigenvalue weighted by atomic mass is 16.5. The molecule has 0 aliphatic rings. The minimum absolute atomic E-state index is 0.245. The van der Waals surface area contributed by atoms with E-state index in [0.717, 1.165) is 13.1 Å². The Morgan fingerprint density at radius 2 is 1.95 bits per heavy atom. The molecule has 0 radical (unpaired) electrons. The van der Waals surface area contributed by atoms with E-state index in [-0.39, 0.29) is 6.61 Å². The first-order chi connectivity index (χ1) is 9.13. The van der Waals surface area contributed by atoms with E-state index in [1.807, 2.05) is 38.4 Å². The average Bonchev–Trinajstić information content (AvgIpc) is 2.41. The van der Waals surface area contributed by atoms with E-state index in [0.29, 0.717) is 18.0 Å². The van der Waals surface area contributed by atoms with Gasteiger partial charge in [0.05, 0.1) is 7.11 Å². The molecule has 0 saturated carbocycles. The van der Waals surface area contributed by atoms with Gasteiger partial charge in [-0.05, 0) is 26.2 Å². The zero-order chi connectivity index (χ0) is 14.1. The van der Waals surface area contributed by atoms with Crippen molar-refractivity contribution in [1.29, 1.82) is 0 Å². The van der Waals surface area contributed by atoms with Crippen LogP contribution in [0.3, 0.4) is 0 Å². The molecule has 1 aromatic carbocycles. The van der Waals surface area contributed by atoms with Crippen LogP contribution in [0.1, 0.15) is 0 Å². The van der Waals surface area contributed by atoms with Crippen LogP contribution < -0.4 is 14.8 Å². The summed E-state index contributed by atoms with van der Waals surface area (Å²) in [6, 6.07) is 7.41. The lowest BCUT2D eigenvalue weighted by Gasteiger charge is -2.16. The van der Waals surface area contributed by atoms with Crippen molar-refractivity contribution in [3.8, 4) is 11.5 Å². The van der Waals surface area contributed by atoms with Crippen molar-refractivity contribution in [3.05, 3.63) is 24.3 Å². The Morgan fingerprint density at radius 1 is 1.26 bits per heavy atom. The Balaban J connectivity index is 2.24. The third-order valence-corrected chi connectivity index (χ3v) is 2.62. The summed E-state index contributed by atoms with van der Waals surface area (Å²) in [5, 5.41) is 13.0. The van der Waals surface area contributed by atoms with Crippen LogP contribution in [-0.4, -0.2) is 63.6 Å². The van der Waals surface area contributed by atoms with Gasteiger partial charge < -0.3 is 24.8 Å². The first-order valence-corrected chi connectivity index (χ1v) is 6.42. The molecular weight excluding hydrogens is 244 g/mol. The average molecular weight is 268 g/mol. The highest BCUT2D eigenvalue weighted by molar-refractivity contribution is 5.39. The van der Waals surface area contributed by atoms with E-state index in [4.69, 9.17) is 9.47 Å². The van der Waals surface area contributed by atoms with Gasteiger partial charge >= 0.3 is 0 Å². The van der Waals surface area contributed by atoms with Gasteiger partial charge in [-0.1, -0.05) is 12.1 Å². The number of ether oxygens (including phenoxy) is 2. The fourth-order valence-electron chi connectivity index (χ4n) is 1.55. The van der Waals surface area contributed by atoms with Gasteiger partial charge in [-0.3, -0.25) is 0 Å². The van der Waals surface area contributed by atoms with E-state index in [9.17, 15) is 5.11 Å². The number of para-hydroxylation sites is 2. The van der Waals surface area contributed by atoms with Gasteiger partial charge in [-0.25, -0.2) is 0 Å². The van der Waals surface area contributed by atoms with Gasteiger partial charge in [0.15, 0.2) is 11.5 Å². The molecule has 0 amide bonds. The molecule has 0 spiro atoms. The van der Waals surface area contributed by atoms with Crippen molar-refractivity contribution >= 4 is 0 Å². The van der Waals surface area contributed by atoms with Crippen LogP contribution in [0.4, 0.5) is 0 Å². The summed E-state index contributed by atoms with van der Waals surface area (Å²) in [5.74, 6) is 1.33. The van der Waals surface area contributed by atoms with Gasteiger partial charge in [0.2, 0.25) is 0 Å². The van der Waals surface area contributed by atoms with E-state index in [1.165, 1.54) is 0 Å². The molecule has 1 unspecified atom stereocenters. The summed E-state index contributed by atoms with van der Waals surface area (Å²) in [5.41, 5.74) is 0. The maximum absolute atomic E-state index is 9.80. The van der Waals surface area contributed by atoms with Crippen molar-refractivity contribution in [2.75, 3.05) is 47.4 Å². The molecule has 0 aliphatic heterocycles. The number of aliphatic hydroxyl groups excluding tert-OH is 1. The van der Waals surface area contributed by atoms with Crippen molar-refractivity contribution in [2.24, 2.45) is 0 Å². The summed E-state index contributed by atoms with van der Waals surface area (Å²) in [4.78, 5) is 2.09. The predicted octanol–water partition coefficient (Wildman–Crippen LogP) is 0.586. The lowest BCUT2D eigenvalue weighted by atomic mass is 10.3. The Kier molecular flexibility index (Phi) is 7.25. The van der Waals surface area contributed by atoms with Crippen LogP contribution in [0.25, 0.3) is 0 Å². The molecule has 0 aliphatic carbocycles. The SMILES string of the molecule is COc1ccccc1OCC(O)CNCCN(C)C. The quantitative estimate of drug-likeness (QED) is 0.642. The smallest absolute Gasteiger partial charge is 0.161 e. The summed E-state index contributed by atoms with van der Waals surface area (Å²) in [6.07, 6.45) is -0.535. The number of hydrogen-bond donors (Lipinski definition) is 2. The molecule has 5 heteroatoms. The van der Waals surface area contributed by atoms with Crippen molar-refractivity contribution in [2.45, 2.75) is 6.10 Å². The Labute approximate surface area is 115 Å². The second-order valence-corrected chi connectivity index (χ2v) is 4.62. The first kappa shape index (κ1) is 15.8. The van der Waals surface area contributed by atoms with E-state index >= 15 is 0 Å². The largest absolute Gasteiger partial charge is 0.493 e. The number of hydrogen-bond acceptors (Lipinski definition) is 5. The summed E-state index contributed by atoms with van der Waals surface area (Å²) in [7, 11) is 5.63. The third kappa shape index (κ3) is 6.42. The maximum Gasteiger partial charge on any atom is 0.161 e. The van der Waals surface area contributed by atoms with Crippen molar-refractivity contribution in [1.82, 2.24) is 10.2 Å². The van der Waals surface area contributed by atoms with Gasteiger partial charge in [0.1, 0.15) is 12.7 Å². The number of likely N-dealkylation sites (N-methyl/N-ethyl adjacent to an activating group) is 1. The number of nitrogens with zero attached hydrogens (tertiary/aromatic N) is 1. The second-order valence-electron chi connectivity index (χ2n) is 4.62. The highest BCUT2D eigenvalue weighted by Crippen LogP contribution is 2.25. The number of methoxy groups -OCH3 is 1. The summed E-state index contributed by atoms with van der Waals surface area (Å²) < 4.78 is 10.7. The number of aliphatic hydroxyl groups is 1. The normalized spacial score (nSPS) is 12.5. The fourth-order valence-corrected chi connectivity index (χ4v) is 1.55. The molecule has 0 bridgehead atoms. The molecule has 0 saturated heterocycles. The Bertz CT molecular complexity index is 358. The van der Waals surface area contributed by atoms with E-state index in [1.54, 1.807) is 7.11 Å². The van der Waals surface area contributed by atoms with Crippen LogP contribution >= 0.6 is 0 Å². The van der Waals surface area contributed by atoms with Crippen LogP contribution in [0.2, 0.25) is 0 Å². The highest BCUT2D eigenvalue weighted by Gasteiger charge is 2.07. The minimum atomic E-state index is -0.535. The molecule has 2 N–H and O–H groups in total. The Hall–Kier alpha value is -1.30. The Morgan fingerprint density at radius 3 is 2.58 bits per heavy atom. The summed E-state index contributed by atoms with van der Waals surface area (Å²) in [6.45, 7) is 2.55. The van der Waals surface area contributed by atoms with Gasteiger partial charge in [-0.2, -0.15) is 0 Å². The van der Waals surface area contributed by atoms with Gasteiger partial charge in [-0.15, -0.1) is 0 Å². The monoisotopic (exact) mass is 268 g/mol. The standard InChI is InChI=1S/C14H24N2O3/c1-16(2)9-8-15-10-12(17)11-19-14-7-5-4-6-13(14)18-3/h4-7,12,15,17H,8-11H2,1-3H3. The third-order valence-electron chi connectivity index (χ3n) is 2.62. The van der Waals surface area contributed by atoms with Crippen LogP contribution in [0, 0.1) is 0 Å². The predicted molar refractivity (Wildman–Crippen MR) is 75.9 cm³/mol. The van der Waals surface area contributed by atoms with Crippen LogP contribution in [-0.2, 0) is 0 Å². The van der Waals surface area contributed by atoms with Crippen LogP contribution in [0.15, 0.2) is 24.3 Å². The molecule has 0 aromatic heterocycles. The number of nitrogens with one attached hydrogen (secondary N) is 1. The van der Waals surface area contributed by atoms with Gasteiger partial charge in [0.25, 0.3) is 0 Å². The second kappa shape index (κ2) is 8.74. The lowest BCUT2D eigenvalue weighted by molar-refractivity contribution is 0.104. The molecular formula is C14H24N2O3. The number of rotatable bonds is 9. The first-order valence-electron chi connectivity index (χ1n) is 6.42. The van der Waals surface area contributed by atoms with E-state index < -0.39 is 6.10 Å². The van der Waals surface area contributed by atoms with Crippen molar-refractivity contribution in [3.63, 3.8) is 0 Å². The molecule has 5 nitrogen and oxygen atoms in total. The number of benzene rings is 1. The molecule has 108 valence electrons. The minimum Gasteiger partial charge on any atom is -0.493 e. The molecule has 19 heavy (non-hydrogen) atoms. The fraction of sp³-hybridized carbons (Fsp3) is 0.571. The molecule has 1 atom stereocenters. The maximum atomic E-state index is 9.80. The zero-order valence-corrected chi connectivity index (χ0v) is 11.9. The molecule has 0 fully saturated rings. The van der Waals surface area contributed by atoms with Crippen LogP contribution in [0.5, 0.6) is 11.5 Å². The van der Waals surface area contributed by atoms with Gasteiger partial charge in [0, 0.05) is 19.6 Å². The lowest BCUT2D eigenvalue weighted by Crippen LogP contribution is -2.35. The van der Waals surface area contributed by atoms with Crippen molar-refractivity contribution < 1.29 is 14.6 Å². The molecule has 1 aromatic rings. The zero-order valence-electron chi connectivity index (χ0n) is 11.9. The molecule has 1 rings (SSSR count). The molecule has 0 heterocycles. The van der Waals surface area contributed by atoms with E-state index in [2.05, 4.69) is 10.2 Å².